The number of hydrogen-bond acceptors (Lipinski definition) is 7. The van der Waals surface area contributed by atoms with E-state index < -0.39 is 5.82 Å². The molecule has 0 aliphatic carbocycles. The smallest absolute Gasteiger partial charge is 0.229 e. The second kappa shape index (κ2) is 7.40. The van der Waals surface area contributed by atoms with Crippen LogP contribution in [-0.2, 0) is 13.6 Å². The maximum absolute atomic E-state index is 13.7. The van der Waals surface area contributed by atoms with Gasteiger partial charge in [-0.2, -0.15) is 15.3 Å². The summed E-state index contributed by atoms with van der Waals surface area (Å²) in [5.41, 5.74) is 1.68. The zero-order chi connectivity index (χ0) is 18.5. The lowest BCUT2D eigenvalue weighted by Crippen LogP contribution is -2.09. The van der Waals surface area contributed by atoms with Crippen LogP contribution >= 0.6 is 0 Å². The molecule has 0 amide bonds. The van der Waals surface area contributed by atoms with Crippen LogP contribution in [0.15, 0.2) is 36.8 Å². The van der Waals surface area contributed by atoms with E-state index >= 15 is 0 Å². The van der Waals surface area contributed by atoms with Crippen molar-refractivity contribution in [3.05, 3.63) is 59.3 Å². The monoisotopic (exact) mass is 350 g/mol. The number of aryl methyl sites for hydroxylation is 1. The lowest BCUT2D eigenvalue weighted by Gasteiger charge is -2.11. The highest BCUT2D eigenvalue weighted by Gasteiger charge is 2.10. The molecule has 8 nitrogen and oxygen atoms in total. The molecule has 3 N–H and O–H groups in total. The van der Waals surface area contributed by atoms with Gasteiger partial charge in [-0.1, -0.05) is 12.1 Å². The van der Waals surface area contributed by atoms with Crippen molar-refractivity contribution in [1.82, 2.24) is 19.7 Å². The standard InChI is InChI=1S/C17H15FN8/c1-26-10-13(9-23-26)24-17-22-8-12(5-19)16(25-17)21-7-11-3-2-4-15(18)14(11)6-20/h2-5,8-10,19H,7H2,1H3,(H2,21,22,24,25). The molecule has 2 heterocycles. The third-order valence-corrected chi connectivity index (χ3v) is 3.59. The Kier molecular flexibility index (Phi) is 4.85. The Labute approximate surface area is 148 Å². The fourth-order valence-electron chi connectivity index (χ4n) is 2.33. The summed E-state index contributed by atoms with van der Waals surface area (Å²) in [6, 6.07) is 6.31. The normalized spacial score (nSPS) is 10.2. The molecule has 0 aliphatic heterocycles. The summed E-state index contributed by atoms with van der Waals surface area (Å²) >= 11 is 0. The molecule has 0 aliphatic rings. The second-order valence-corrected chi connectivity index (χ2v) is 5.41. The van der Waals surface area contributed by atoms with Gasteiger partial charge in [0.25, 0.3) is 0 Å². The van der Waals surface area contributed by atoms with E-state index in [1.807, 2.05) is 6.07 Å². The highest BCUT2D eigenvalue weighted by molar-refractivity contribution is 5.84. The summed E-state index contributed by atoms with van der Waals surface area (Å²) in [4.78, 5) is 8.50. The summed E-state index contributed by atoms with van der Waals surface area (Å²) < 4.78 is 15.3. The molecule has 2 aromatic heterocycles. The molecule has 0 bridgehead atoms. The van der Waals surface area contributed by atoms with Crippen LogP contribution in [0.4, 0.5) is 21.8 Å². The second-order valence-electron chi connectivity index (χ2n) is 5.41. The van der Waals surface area contributed by atoms with Crippen molar-refractivity contribution in [2.24, 2.45) is 7.05 Å². The van der Waals surface area contributed by atoms with Crippen LogP contribution in [0.3, 0.4) is 0 Å². The summed E-state index contributed by atoms with van der Waals surface area (Å²) in [7, 11) is 1.79. The summed E-state index contributed by atoms with van der Waals surface area (Å²) in [5, 5.41) is 26.7. The molecule has 0 atom stereocenters. The molecule has 26 heavy (non-hydrogen) atoms. The molecule has 9 heteroatoms. The Morgan fingerprint density at radius 1 is 1.38 bits per heavy atom. The van der Waals surface area contributed by atoms with Gasteiger partial charge < -0.3 is 16.0 Å². The minimum absolute atomic E-state index is 0.0147. The molecule has 0 unspecified atom stereocenters. The first-order valence-electron chi connectivity index (χ1n) is 7.65. The van der Waals surface area contributed by atoms with Crippen molar-refractivity contribution in [1.29, 1.82) is 10.7 Å². The van der Waals surface area contributed by atoms with Crippen LogP contribution in [0.25, 0.3) is 0 Å². The fraction of sp³-hybridized carbons (Fsp3) is 0.118. The molecule has 0 saturated heterocycles. The zero-order valence-electron chi connectivity index (χ0n) is 13.9. The van der Waals surface area contributed by atoms with Crippen molar-refractivity contribution in [3.8, 4) is 6.07 Å². The molecule has 1 aromatic carbocycles. The number of hydrogen-bond donors (Lipinski definition) is 3. The van der Waals surface area contributed by atoms with E-state index in [1.54, 1.807) is 36.3 Å². The van der Waals surface area contributed by atoms with Gasteiger partial charge in [-0.25, -0.2) is 9.37 Å². The van der Waals surface area contributed by atoms with Gasteiger partial charge in [-0.3, -0.25) is 4.68 Å². The number of nitrogens with one attached hydrogen (secondary N) is 3. The van der Waals surface area contributed by atoms with Gasteiger partial charge in [-0.15, -0.1) is 0 Å². The average molecular weight is 350 g/mol. The van der Waals surface area contributed by atoms with Crippen LogP contribution in [0.5, 0.6) is 0 Å². The van der Waals surface area contributed by atoms with E-state index in [0.717, 1.165) is 11.9 Å². The first-order valence-corrected chi connectivity index (χ1v) is 7.65. The van der Waals surface area contributed by atoms with Crippen molar-refractivity contribution >= 4 is 23.7 Å². The van der Waals surface area contributed by atoms with Gasteiger partial charge in [0.2, 0.25) is 5.95 Å². The van der Waals surface area contributed by atoms with Crippen LogP contribution in [-0.4, -0.2) is 26.0 Å². The topological polar surface area (TPSA) is 115 Å². The van der Waals surface area contributed by atoms with Gasteiger partial charge in [0.05, 0.1) is 23.0 Å². The van der Waals surface area contributed by atoms with Gasteiger partial charge in [0.15, 0.2) is 0 Å². The van der Waals surface area contributed by atoms with Crippen molar-refractivity contribution in [2.45, 2.75) is 6.54 Å². The summed E-state index contributed by atoms with van der Waals surface area (Å²) in [5.74, 6) is 0.154. The lowest BCUT2D eigenvalue weighted by atomic mass is 10.1. The number of nitrogens with zero attached hydrogens (tertiary/aromatic N) is 5. The van der Waals surface area contributed by atoms with E-state index in [-0.39, 0.29) is 12.1 Å². The summed E-state index contributed by atoms with van der Waals surface area (Å²) in [6.45, 7) is 0.185. The highest BCUT2D eigenvalue weighted by atomic mass is 19.1. The number of nitriles is 1. The minimum atomic E-state index is -0.569. The molecule has 0 saturated carbocycles. The Hall–Kier alpha value is -3.80. The van der Waals surface area contributed by atoms with E-state index in [9.17, 15) is 4.39 Å². The van der Waals surface area contributed by atoms with E-state index in [2.05, 4.69) is 25.7 Å². The van der Waals surface area contributed by atoms with Crippen molar-refractivity contribution < 1.29 is 4.39 Å². The molecule has 0 radical (unpaired) electrons. The largest absolute Gasteiger partial charge is 0.365 e. The Balaban J connectivity index is 1.82. The van der Waals surface area contributed by atoms with Gasteiger partial charge >= 0.3 is 0 Å². The van der Waals surface area contributed by atoms with E-state index in [4.69, 9.17) is 10.7 Å². The maximum Gasteiger partial charge on any atom is 0.229 e. The number of aromatic nitrogens is 4. The third-order valence-electron chi connectivity index (χ3n) is 3.59. The van der Waals surface area contributed by atoms with Gasteiger partial charge in [0, 0.05) is 32.2 Å². The molecule has 130 valence electrons. The highest BCUT2D eigenvalue weighted by Crippen LogP contribution is 2.18. The molecular weight excluding hydrogens is 335 g/mol. The quantitative estimate of drug-likeness (QED) is 0.589. The lowest BCUT2D eigenvalue weighted by molar-refractivity contribution is 0.621. The zero-order valence-corrected chi connectivity index (χ0v) is 13.9. The van der Waals surface area contributed by atoms with E-state index in [1.165, 1.54) is 12.3 Å². The SMILES string of the molecule is Cn1cc(Nc2ncc(C=N)c(NCc3cccc(F)c3C#N)n2)cn1. The number of halogens is 1. The number of benzene rings is 1. The fourth-order valence-corrected chi connectivity index (χ4v) is 2.33. The molecule has 0 spiro atoms. The molecular formula is C17H15FN8. The van der Waals surface area contributed by atoms with Gasteiger partial charge in [-0.05, 0) is 11.6 Å². The molecule has 3 rings (SSSR count). The van der Waals surface area contributed by atoms with Crippen LogP contribution in [0.1, 0.15) is 16.7 Å². The Morgan fingerprint density at radius 2 is 2.23 bits per heavy atom. The minimum Gasteiger partial charge on any atom is -0.365 e. The molecule has 0 fully saturated rings. The van der Waals surface area contributed by atoms with Crippen LogP contribution in [0.2, 0.25) is 0 Å². The predicted octanol–water partition coefficient (Wildman–Crippen LogP) is 2.57. The van der Waals surface area contributed by atoms with Crippen molar-refractivity contribution in [2.75, 3.05) is 10.6 Å². The first-order chi connectivity index (χ1) is 12.6. The predicted molar refractivity (Wildman–Crippen MR) is 94.9 cm³/mol. The van der Waals surface area contributed by atoms with E-state index in [0.29, 0.717) is 22.9 Å². The summed E-state index contributed by atoms with van der Waals surface area (Å²) in [6.07, 6.45) is 6.02. The van der Waals surface area contributed by atoms with Crippen LogP contribution < -0.4 is 10.6 Å². The number of rotatable bonds is 6. The van der Waals surface area contributed by atoms with Crippen LogP contribution in [0, 0.1) is 22.6 Å². The number of anilines is 3. The van der Waals surface area contributed by atoms with Crippen molar-refractivity contribution in [3.63, 3.8) is 0 Å². The first kappa shape index (κ1) is 17.0. The Bertz CT molecular complexity index is 989. The van der Waals surface area contributed by atoms with Gasteiger partial charge in [0.1, 0.15) is 17.7 Å². The maximum atomic E-state index is 13.7. The third kappa shape index (κ3) is 3.64. The molecule has 3 aromatic rings. The Morgan fingerprint density at radius 3 is 2.92 bits per heavy atom. The average Bonchev–Trinajstić information content (AvgIpc) is 3.05.